The fourth-order valence-corrected chi connectivity index (χ4v) is 4.70. The molecular weight excluding hydrogens is 436 g/mol. The molecule has 0 radical (unpaired) electrons. The molecule has 3 aromatic carbocycles. The molecule has 0 aliphatic rings. The van der Waals surface area contributed by atoms with E-state index in [-0.39, 0.29) is 10.6 Å². The molecule has 8 heteroatoms. The number of sulfonamides is 1. The van der Waals surface area contributed by atoms with Gasteiger partial charge in [-0.05, 0) is 61.4 Å². The Bertz CT molecular complexity index is 1200. The number of carbonyl (C=O) groups is 1. The van der Waals surface area contributed by atoms with Gasteiger partial charge in [-0.15, -0.1) is 0 Å². The Hall–Kier alpha value is -3.03. The number of carbonyl (C=O) groups excluding carboxylic acids is 1. The first-order valence-corrected chi connectivity index (χ1v) is 11.3. The molecule has 0 saturated heterocycles. The molecule has 3 rings (SSSR count). The molecular formula is C23H23ClN2O4S. The average molecular weight is 459 g/mol. The fraction of sp³-hybridized carbons (Fsp3) is 0.174. The Kier molecular flexibility index (Phi) is 6.87. The quantitative estimate of drug-likeness (QED) is 0.551. The third-order valence-corrected chi connectivity index (χ3v) is 6.95. The van der Waals surface area contributed by atoms with E-state index >= 15 is 0 Å². The van der Waals surface area contributed by atoms with Gasteiger partial charge < -0.3 is 10.1 Å². The van der Waals surface area contributed by atoms with Crippen molar-refractivity contribution >= 4 is 38.9 Å². The lowest BCUT2D eigenvalue weighted by molar-refractivity contribution is -0.114. The smallest absolute Gasteiger partial charge is 0.264 e. The first-order valence-electron chi connectivity index (χ1n) is 9.51. The predicted octanol–water partition coefficient (Wildman–Crippen LogP) is 4.80. The summed E-state index contributed by atoms with van der Waals surface area (Å²) in [4.78, 5) is 13.0. The number of amides is 1. The molecule has 0 aliphatic heterocycles. The highest BCUT2D eigenvalue weighted by molar-refractivity contribution is 7.92. The van der Waals surface area contributed by atoms with Crippen molar-refractivity contribution in [2.24, 2.45) is 0 Å². The number of methoxy groups -OCH3 is 1. The average Bonchev–Trinajstić information content (AvgIpc) is 2.76. The van der Waals surface area contributed by atoms with Crippen LogP contribution in [0.25, 0.3) is 0 Å². The summed E-state index contributed by atoms with van der Waals surface area (Å²) in [5.41, 5.74) is 2.33. The number of hydrogen-bond acceptors (Lipinski definition) is 4. The number of nitrogens with one attached hydrogen (secondary N) is 1. The lowest BCUT2D eigenvalue weighted by atomic mass is 10.2. The van der Waals surface area contributed by atoms with Crippen molar-refractivity contribution in [2.75, 3.05) is 23.3 Å². The number of halogens is 1. The monoisotopic (exact) mass is 458 g/mol. The van der Waals surface area contributed by atoms with Gasteiger partial charge in [0.1, 0.15) is 12.3 Å². The summed E-state index contributed by atoms with van der Waals surface area (Å²) in [5.74, 6) is -0.162. The molecule has 0 atom stereocenters. The predicted molar refractivity (Wildman–Crippen MR) is 124 cm³/mol. The van der Waals surface area contributed by atoms with Crippen molar-refractivity contribution in [2.45, 2.75) is 18.7 Å². The third-order valence-electron chi connectivity index (χ3n) is 4.76. The van der Waals surface area contributed by atoms with Gasteiger partial charge in [-0.3, -0.25) is 9.10 Å². The highest BCUT2D eigenvalue weighted by Crippen LogP contribution is 2.33. The maximum atomic E-state index is 13.5. The summed E-state index contributed by atoms with van der Waals surface area (Å²) in [6.45, 7) is 3.18. The Morgan fingerprint density at radius 2 is 1.74 bits per heavy atom. The summed E-state index contributed by atoms with van der Waals surface area (Å²) in [6.07, 6.45) is 0. The van der Waals surface area contributed by atoms with Gasteiger partial charge in [0.05, 0.1) is 17.7 Å². The van der Waals surface area contributed by atoms with Crippen LogP contribution in [-0.4, -0.2) is 28.0 Å². The minimum absolute atomic E-state index is 0.0743. The zero-order valence-corrected chi connectivity index (χ0v) is 19.0. The van der Waals surface area contributed by atoms with Gasteiger partial charge in [-0.1, -0.05) is 41.9 Å². The highest BCUT2D eigenvalue weighted by atomic mass is 35.5. The topological polar surface area (TPSA) is 75.7 Å². The summed E-state index contributed by atoms with van der Waals surface area (Å²) in [5, 5.41) is 3.26. The van der Waals surface area contributed by atoms with Crippen LogP contribution in [0.3, 0.4) is 0 Å². The molecule has 1 N–H and O–H groups in total. The molecule has 0 saturated carbocycles. The lowest BCUT2D eigenvalue weighted by Crippen LogP contribution is -2.38. The van der Waals surface area contributed by atoms with Crippen LogP contribution in [-0.2, 0) is 14.8 Å². The van der Waals surface area contributed by atoms with Crippen molar-refractivity contribution in [1.29, 1.82) is 0 Å². The van der Waals surface area contributed by atoms with Crippen LogP contribution in [0, 0.1) is 13.8 Å². The summed E-state index contributed by atoms with van der Waals surface area (Å²) in [7, 11) is -2.59. The van der Waals surface area contributed by atoms with Crippen LogP contribution < -0.4 is 14.4 Å². The number of rotatable bonds is 7. The zero-order chi connectivity index (χ0) is 22.6. The molecule has 0 bridgehead atoms. The van der Waals surface area contributed by atoms with E-state index in [9.17, 15) is 13.2 Å². The second-order valence-corrected chi connectivity index (χ2v) is 9.23. The van der Waals surface area contributed by atoms with Crippen LogP contribution >= 0.6 is 11.6 Å². The fourth-order valence-electron chi connectivity index (χ4n) is 3.08. The van der Waals surface area contributed by atoms with E-state index in [1.54, 1.807) is 55.5 Å². The molecule has 1 amide bonds. The molecule has 6 nitrogen and oxygen atoms in total. The molecule has 0 fully saturated rings. The lowest BCUT2D eigenvalue weighted by Gasteiger charge is -2.26. The van der Waals surface area contributed by atoms with Gasteiger partial charge in [-0.2, -0.15) is 0 Å². The standard InChI is InChI=1S/C23H23ClN2O4S/c1-16-12-13-22(30-3)21(14-16)26(31(28,29)18-8-5-4-6-9-18)15-23(27)25-20-11-7-10-19(24)17(20)2/h4-14H,15H2,1-3H3,(H,25,27). The van der Waals surface area contributed by atoms with E-state index in [0.29, 0.717) is 22.0 Å². The van der Waals surface area contributed by atoms with Gasteiger partial charge in [0.25, 0.3) is 10.0 Å². The largest absolute Gasteiger partial charge is 0.495 e. The van der Waals surface area contributed by atoms with Crippen molar-refractivity contribution in [3.63, 3.8) is 0 Å². The van der Waals surface area contributed by atoms with Crippen molar-refractivity contribution < 1.29 is 17.9 Å². The minimum Gasteiger partial charge on any atom is -0.495 e. The third kappa shape index (κ3) is 5.00. The van der Waals surface area contributed by atoms with Gasteiger partial charge in [0, 0.05) is 10.7 Å². The zero-order valence-electron chi connectivity index (χ0n) is 17.4. The van der Waals surface area contributed by atoms with Crippen molar-refractivity contribution in [3.8, 4) is 5.75 Å². The van der Waals surface area contributed by atoms with E-state index in [1.165, 1.54) is 19.2 Å². The normalized spacial score (nSPS) is 11.1. The number of anilines is 2. The van der Waals surface area contributed by atoms with E-state index in [0.717, 1.165) is 9.87 Å². The number of ether oxygens (including phenoxy) is 1. The van der Waals surface area contributed by atoms with Crippen LogP contribution in [0.5, 0.6) is 5.75 Å². The Balaban J connectivity index is 2.04. The van der Waals surface area contributed by atoms with Crippen LogP contribution in [0.15, 0.2) is 71.6 Å². The summed E-state index contributed by atoms with van der Waals surface area (Å²) in [6, 6.07) is 18.3. The van der Waals surface area contributed by atoms with Gasteiger partial charge in [0.2, 0.25) is 5.91 Å². The molecule has 0 unspecified atom stereocenters. The van der Waals surface area contributed by atoms with Gasteiger partial charge >= 0.3 is 0 Å². The van der Waals surface area contributed by atoms with E-state index in [2.05, 4.69) is 5.32 Å². The molecule has 0 aliphatic carbocycles. The van der Waals surface area contributed by atoms with E-state index in [1.807, 2.05) is 13.0 Å². The number of aryl methyl sites for hydroxylation is 1. The van der Waals surface area contributed by atoms with Gasteiger partial charge in [0.15, 0.2) is 0 Å². The van der Waals surface area contributed by atoms with Crippen molar-refractivity contribution in [1.82, 2.24) is 0 Å². The van der Waals surface area contributed by atoms with E-state index in [4.69, 9.17) is 16.3 Å². The number of hydrogen-bond donors (Lipinski definition) is 1. The maximum Gasteiger partial charge on any atom is 0.264 e. The number of benzene rings is 3. The first kappa shape index (κ1) is 22.7. The maximum absolute atomic E-state index is 13.5. The van der Waals surface area contributed by atoms with Crippen LogP contribution in [0.2, 0.25) is 5.02 Å². The SMILES string of the molecule is COc1ccc(C)cc1N(CC(=O)Nc1cccc(Cl)c1C)S(=O)(=O)c1ccccc1. The van der Waals surface area contributed by atoms with Gasteiger partial charge in [-0.25, -0.2) is 8.42 Å². The number of nitrogens with zero attached hydrogens (tertiary/aromatic N) is 1. The Morgan fingerprint density at radius 1 is 1.03 bits per heavy atom. The Labute approximate surface area is 187 Å². The van der Waals surface area contributed by atoms with E-state index < -0.39 is 22.5 Å². The van der Waals surface area contributed by atoms with Crippen LogP contribution in [0.4, 0.5) is 11.4 Å². The second kappa shape index (κ2) is 9.41. The van der Waals surface area contributed by atoms with Crippen LogP contribution in [0.1, 0.15) is 11.1 Å². The summed E-state index contributed by atoms with van der Waals surface area (Å²) >= 11 is 6.13. The first-order chi connectivity index (χ1) is 14.7. The molecule has 162 valence electrons. The second-order valence-electron chi connectivity index (χ2n) is 6.96. The molecule has 0 aromatic heterocycles. The highest BCUT2D eigenvalue weighted by Gasteiger charge is 2.29. The van der Waals surface area contributed by atoms with Crippen molar-refractivity contribution in [3.05, 3.63) is 82.9 Å². The summed E-state index contributed by atoms with van der Waals surface area (Å²) < 4.78 is 33.4. The minimum atomic E-state index is -4.04. The molecule has 31 heavy (non-hydrogen) atoms. The molecule has 0 heterocycles. The molecule has 3 aromatic rings. The molecule has 0 spiro atoms. The Morgan fingerprint density at radius 3 is 2.42 bits per heavy atom.